The van der Waals surface area contributed by atoms with Crippen molar-refractivity contribution in [3.8, 4) is 0 Å². The third-order valence-electron chi connectivity index (χ3n) is 0.293. The zero-order valence-corrected chi connectivity index (χ0v) is 3.41. The Morgan fingerprint density at radius 3 is 2.00 bits per heavy atom. The Kier molecular flexibility index (Phi) is 2.63. The zero-order valence-electron chi connectivity index (χ0n) is 3.41. The molecule has 0 spiro atoms. The van der Waals surface area contributed by atoms with E-state index in [9.17, 15) is 8.78 Å². The van der Waals surface area contributed by atoms with E-state index in [1.807, 2.05) is 0 Å². The smallest absolute Gasteiger partial charge is 0.174 e. The molecule has 0 rings (SSSR count). The van der Waals surface area contributed by atoms with Gasteiger partial charge in [0, 0.05) is 0 Å². The zero-order chi connectivity index (χ0) is 4.99. The van der Waals surface area contributed by atoms with E-state index in [2.05, 4.69) is 0 Å². The van der Waals surface area contributed by atoms with Crippen molar-refractivity contribution >= 4 is 0 Å². The van der Waals surface area contributed by atoms with Crippen LogP contribution in [0.1, 0.15) is 6.92 Å². The van der Waals surface area contributed by atoms with Gasteiger partial charge in [0.25, 0.3) is 6.08 Å². The van der Waals surface area contributed by atoms with E-state index < -0.39 is 6.08 Å². The van der Waals surface area contributed by atoms with Crippen molar-refractivity contribution in [1.29, 1.82) is 0 Å². The summed E-state index contributed by atoms with van der Waals surface area (Å²) >= 11 is 0. The molecule has 0 unspecified atom stereocenters. The molecule has 0 aliphatic carbocycles. The van der Waals surface area contributed by atoms with Crippen molar-refractivity contribution in [2.24, 2.45) is 0 Å². The molecule has 0 heterocycles. The van der Waals surface area contributed by atoms with Gasteiger partial charge in [0.05, 0.1) is 0 Å². The van der Waals surface area contributed by atoms with Gasteiger partial charge in [-0.2, -0.15) is 8.78 Å². The summed E-state index contributed by atoms with van der Waals surface area (Å²) in [7, 11) is 0. The van der Waals surface area contributed by atoms with Gasteiger partial charge in [0.1, 0.15) is 0 Å². The van der Waals surface area contributed by atoms with E-state index in [1.54, 1.807) is 6.92 Å². The van der Waals surface area contributed by atoms with Crippen LogP contribution in [0.3, 0.4) is 0 Å². The molecule has 6 heavy (non-hydrogen) atoms. The topological polar surface area (TPSA) is 0 Å². The second-order valence-electron chi connectivity index (χ2n) is 0.790. The minimum absolute atomic E-state index is 0.750. The van der Waals surface area contributed by atoms with E-state index in [-0.39, 0.29) is 0 Å². The summed E-state index contributed by atoms with van der Waals surface area (Å²) in [5.74, 6) is 0. The minimum Gasteiger partial charge on any atom is -0.174 e. The Bertz CT molecular complexity index is 52.6. The molecule has 2 heteroatoms. The standard InChI is InChI=1S/C4H5F2/c1-2-3-4(5)6/h2-3H,1H3. The van der Waals surface area contributed by atoms with Crippen LogP contribution in [0.2, 0.25) is 0 Å². The number of hydrogen-bond donors (Lipinski definition) is 0. The van der Waals surface area contributed by atoms with Crippen LogP contribution >= 0.6 is 0 Å². The van der Waals surface area contributed by atoms with E-state index in [0.717, 1.165) is 6.08 Å². The summed E-state index contributed by atoms with van der Waals surface area (Å²) in [6.07, 6.45) is 0.396. The fourth-order valence-corrected chi connectivity index (χ4v) is 0.126. The number of allylic oxidation sites excluding steroid dienone is 1. The highest BCUT2D eigenvalue weighted by molar-refractivity contribution is 4.90. The van der Waals surface area contributed by atoms with Gasteiger partial charge in [-0.3, -0.25) is 0 Å². The second kappa shape index (κ2) is 2.82. The van der Waals surface area contributed by atoms with Crippen molar-refractivity contribution in [3.05, 3.63) is 18.6 Å². The summed E-state index contributed by atoms with van der Waals surface area (Å²) in [5.41, 5.74) is 0. The first-order valence-electron chi connectivity index (χ1n) is 1.58. The summed E-state index contributed by atoms with van der Waals surface area (Å²) in [6.45, 7) is 1.54. The van der Waals surface area contributed by atoms with Crippen LogP contribution in [0.15, 0.2) is 12.2 Å². The molecule has 0 saturated carbocycles. The molecular formula is C4H5F2. The average Bonchev–Trinajstić information content (AvgIpc) is 1.35. The first kappa shape index (κ1) is 5.60. The van der Waals surface area contributed by atoms with Gasteiger partial charge >= 0.3 is 0 Å². The molecule has 0 nitrogen and oxygen atoms in total. The first-order chi connectivity index (χ1) is 2.77. The second-order valence-corrected chi connectivity index (χ2v) is 0.790. The van der Waals surface area contributed by atoms with Crippen LogP contribution in [-0.4, -0.2) is 0 Å². The average molecular weight is 91.1 g/mol. The molecule has 0 aromatic carbocycles. The fraction of sp³-hybridized carbons (Fsp3) is 0.250. The first-order valence-corrected chi connectivity index (χ1v) is 1.58. The molecule has 0 aromatic rings. The van der Waals surface area contributed by atoms with Crippen molar-refractivity contribution in [1.82, 2.24) is 0 Å². The Labute approximate surface area is 35.5 Å². The molecule has 35 valence electrons. The highest BCUT2D eigenvalue weighted by Gasteiger charge is 1.79. The third-order valence-corrected chi connectivity index (χ3v) is 0.293. The molecule has 1 radical (unpaired) electrons. The van der Waals surface area contributed by atoms with Crippen molar-refractivity contribution < 1.29 is 8.78 Å². The van der Waals surface area contributed by atoms with Crippen LogP contribution < -0.4 is 0 Å². The molecule has 0 aromatic heterocycles. The molecule has 0 amide bonds. The molecule has 0 atom stereocenters. The van der Waals surface area contributed by atoms with Gasteiger partial charge in [0.2, 0.25) is 0 Å². The predicted octanol–water partition coefficient (Wildman–Crippen LogP) is 1.99. The summed E-state index contributed by atoms with van der Waals surface area (Å²) in [5, 5.41) is 0. The van der Waals surface area contributed by atoms with Crippen molar-refractivity contribution in [2.75, 3.05) is 0 Å². The molecular weight excluding hydrogens is 86.0 g/mol. The van der Waals surface area contributed by atoms with Crippen LogP contribution in [0.5, 0.6) is 0 Å². The lowest BCUT2D eigenvalue weighted by Crippen LogP contribution is -1.54. The van der Waals surface area contributed by atoms with Gasteiger partial charge in [-0.15, -0.1) is 0 Å². The largest absolute Gasteiger partial charge is 0.266 e. The van der Waals surface area contributed by atoms with Gasteiger partial charge < -0.3 is 0 Å². The third kappa shape index (κ3) is 3.60. The van der Waals surface area contributed by atoms with E-state index in [0.29, 0.717) is 0 Å². The van der Waals surface area contributed by atoms with Crippen molar-refractivity contribution in [2.45, 2.75) is 6.92 Å². The number of rotatable bonds is 1. The maximum Gasteiger partial charge on any atom is 0.266 e. The molecule has 0 N–H and O–H groups in total. The Morgan fingerprint density at radius 1 is 1.50 bits per heavy atom. The lowest BCUT2D eigenvalue weighted by atomic mass is 10.5. The van der Waals surface area contributed by atoms with E-state index >= 15 is 0 Å². The van der Waals surface area contributed by atoms with Crippen LogP contribution in [0.4, 0.5) is 8.78 Å². The molecule has 0 saturated heterocycles. The van der Waals surface area contributed by atoms with Gasteiger partial charge in [-0.05, 0) is 12.5 Å². The fourth-order valence-electron chi connectivity index (χ4n) is 0.126. The van der Waals surface area contributed by atoms with E-state index in [1.165, 1.54) is 6.42 Å². The summed E-state index contributed by atoms with van der Waals surface area (Å²) in [4.78, 5) is 0. The van der Waals surface area contributed by atoms with Gasteiger partial charge in [0.15, 0.2) is 0 Å². The maximum atomic E-state index is 10.9. The number of hydrogen-bond acceptors (Lipinski definition) is 0. The van der Waals surface area contributed by atoms with Crippen LogP contribution in [-0.2, 0) is 0 Å². The highest BCUT2D eigenvalue weighted by atomic mass is 19.3. The predicted molar refractivity (Wildman–Crippen MR) is 20.3 cm³/mol. The van der Waals surface area contributed by atoms with Crippen molar-refractivity contribution in [3.63, 3.8) is 0 Å². The lowest BCUT2D eigenvalue weighted by molar-refractivity contribution is 0.421. The van der Waals surface area contributed by atoms with Gasteiger partial charge in [-0.1, -0.05) is 6.92 Å². The minimum atomic E-state index is -1.64. The summed E-state index contributed by atoms with van der Waals surface area (Å²) in [6, 6.07) is 0. The molecule has 0 aliphatic rings. The Balaban J connectivity index is 3.14. The quantitative estimate of drug-likeness (QED) is 0.463. The highest BCUT2D eigenvalue weighted by Crippen LogP contribution is 1.95. The maximum absolute atomic E-state index is 10.9. The Morgan fingerprint density at radius 2 is 2.00 bits per heavy atom. The lowest BCUT2D eigenvalue weighted by Gasteiger charge is -1.70. The van der Waals surface area contributed by atoms with E-state index in [4.69, 9.17) is 0 Å². The normalized spacial score (nSPS) is 7.83. The molecule has 0 bridgehead atoms. The van der Waals surface area contributed by atoms with Crippen LogP contribution in [0.25, 0.3) is 0 Å². The monoisotopic (exact) mass is 91.0 g/mol. The van der Waals surface area contributed by atoms with Crippen LogP contribution in [0, 0.1) is 6.42 Å². The molecule has 0 aliphatic heterocycles. The Hall–Kier alpha value is -0.400. The van der Waals surface area contributed by atoms with Gasteiger partial charge in [-0.25, -0.2) is 0 Å². The SMILES string of the molecule is C[CH]C=C(F)F. The summed E-state index contributed by atoms with van der Waals surface area (Å²) < 4.78 is 21.7. The molecule has 0 fully saturated rings. The number of halogens is 2.